The molecule has 0 spiro atoms. The fourth-order valence-electron chi connectivity index (χ4n) is 5.80. The Hall–Kier alpha value is -3.43. The number of nitrogens with two attached hydrogens (primary N) is 1. The second-order valence-electron chi connectivity index (χ2n) is 13.7. The van der Waals surface area contributed by atoms with Crippen LogP contribution in [0.4, 0.5) is 0 Å². The second-order valence-corrected chi connectivity index (χ2v) is 17.5. The molecule has 0 fully saturated rings. The first-order chi connectivity index (χ1) is 28.4. The van der Waals surface area contributed by atoms with Gasteiger partial charge in [0.05, 0.1) is 16.5 Å². The van der Waals surface area contributed by atoms with Crippen LogP contribution in [0.15, 0.2) is 105 Å². The molecule has 0 radical (unpaired) electrons. The summed E-state index contributed by atoms with van der Waals surface area (Å²) in [4.78, 5) is 52.3. The van der Waals surface area contributed by atoms with Crippen LogP contribution in [-0.2, 0) is 22.4 Å². The molecule has 4 aromatic rings. The molecule has 5 N–H and O–H groups in total. The molecule has 0 saturated heterocycles. The number of hydrogen-bond donors (Lipinski definition) is 4. The molecular weight excluding hydrogens is 1000 g/mol. The number of alkyl halides is 2. The second kappa shape index (κ2) is 25.5. The zero-order valence-electron chi connectivity index (χ0n) is 33.3. The maximum absolute atomic E-state index is 12.9. The lowest BCUT2D eigenvalue weighted by atomic mass is 10.1. The standard InChI is InChI=1S/C21H21BrClN3O2.C14H18BrN3O.C7H4Cl2O.CH2Cl2/c1-26(2)10-9-24-21(28)19-17-8-5-15(22)11-14(17)12-18(19)25-20(27)13-3-6-16(23)7-4-13;1-18(2)6-5-17-14(19)13-11-4-3-10(15)7-9(11)8-12(13)16;8-6-3-1-5(2-4-6)7(9)10;2-1-3/h3-8,11H,9-10,12H2,1-2H3,(H,24,28)(H,25,27);3-4,7H,5-6,8,16H2,1-2H3,(H,17,19);1-4H;1H2. The zero-order valence-corrected chi connectivity index (χ0v) is 40.2. The molecule has 0 bridgehead atoms. The van der Waals surface area contributed by atoms with Gasteiger partial charge in [-0.15, -0.1) is 23.2 Å². The molecule has 0 unspecified atom stereocenters. The molecule has 0 atom stereocenters. The predicted molar refractivity (Wildman–Crippen MR) is 254 cm³/mol. The van der Waals surface area contributed by atoms with Crippen molar-refractivity contribution in [3.8, 4) is 0 Å². The van der Waals surface area contributed by atoms with Crippen molar-refractivity contribution in [2.45, 2.75) is 12.8 Å². The van der Waals surface area contributed by atoms with Crippen molar-refractivity contribution in [1.82, 2.24) is 25.8 Å². The van der Waals surface area contributed by atoms with E-state index in [1.54, 1.807) is 48.5 Å². The van der Waals surface area contributed by atoms with Gasteiger partial charge >= 0.3 is 0 Å². The third-order valence-corrected chi connectivity index (χ3v) is 10.3. The minimum atomic E-state index is -0.461. The number of nitrogens with one attached hydrogen (secondary N) is 3. The summed E-state index contributed by atoms with van der Waals surface area (Å²) in [5.74, 6) is -0.535. The highest BCUT2D eigenvalue weighted by atomic mass is 79.9. The highest BCUT2D eigenvalue weighted by Gasteiger charge is 2.28. The fraction of sp³-hybridized carbons (Fsp3) is 0.256. The van der Waals surface area contributed by atoms with Crippen molar-refractivity contribution >= 4 is 124 Å². The Bertz CT molecular complexity index is 2200. The lowest BCUT2D eigenvalue weighted by Crippen LogP contribution is -2.33. The summed E-state index contributed by atoms with van der Waals surface area (Å²) >= 11 is 33.1. The highest BCUT2D eigenvalue weighted by Crippen LogP contribution is 2.34. The molecule has 4 aromatic carbocycles. The number of halogens is 7. The number of fused-ring (bicyclic) bond motifs is 2. The third-order valence-electron chi connectivity index (χ3n) is 8.63. The van der Waals surface area contributed by atoms with Crippen molar-refractivity contribution in [3.05, 3.63) is 149 Å². The van der Waals surface area contributed by atoms with Crippen LogP contribution in [0, 0.1) is 0 Å². The maximum atomic E-state index is 12.9. The Kier molecular flexibility index (Phi) is 21.6. The van der Waals surface area contributed by atoms with Gasteiger partial charge in [0.2, 0.25) is 0 Å². The molecule has 0 aliphatic heterocycles. The number of amides is 3. The van der Waals surface area contributed by atoms with E-state index in [0.29, 0.717) is 69.6 Å². The molecule has 10 nitrogen and oxygen atoms in total. The summed E-state index contributed by atoms with van der Waals surface area (Å²) in [5.41, 5.74) is 13.2. The quantitative estimate of drug-likeness (QED) is 0.0870. The summed E-state index contributed by atoms with van der Waals surface area (Å²) in [6.45, 7) is 2.69. The topological polar surface area (TPSA) is 137 Å². The van der Waals surface area contributed by atoms with Gasteiger partial charge in [-0.05, 0) is 135 Å². The molecule has 2 aliphatic rings. The number of nitrogens with zero attached hydrogens (tertiary/aromatic N) is 2. The zero-order chi connectivity index (χ0) is 44.5. The van der Waals surface area contributed by atoms with Crippen LogP contribution in [-0.4, -0.2) is 92.5 Å². The Morgan fingerprint density at radius 3 is 1.50 bits per heavy atom. The van der Waals surface area contributed by atoms with Crippen molar-refractivity contribution in [2.24, 2.45) is 5.73 Å². The number of carbonyl (C=O) groups is 4. The van der Waals surface area contributed by atoms with E-state index >= 15 is 0 Å². The molecule has 0 aromatic heterocycles. The molecule has 320 valence electrons. The Labute approximate surface area is 393 Å². The van der Waals surface area contributed by atoms with Crippen molar-refractivity contribution in [1.29, 1.82) is 0 Å². The normalized spacial score (nSPS) is 12.3. The van der Waals surface area contributed by atoms with Gasteiger partial charge in [0.15, 0.2) is 0 Å². The van der Waals surface area contributed by atoms with Gasteiger partial charge < -0.3 is 31.5 Å². The Morgan fingerprint density at radius 1 is 0.633 bits per heavy atom. The first-order valence-electron chi connectivity index (χ1n) is 18.2. The highest BCUT2D eigenvalue weighted by molar-refractivity contribution is 9.10. The van der Waals surface area contributed by atoms with E-state index < -0.39 is 5.24 Å². The van der Waals surface area contributed by atoms with E-state index in [4.69, 9.17) is 63.7 Å². The van der Waals surface area contributed by atoms with Crippen LogP contribution in [0.3, 0.4) is 0 Å². The van der Waals surface area contributed by atoms with Gasteiger partial charge in [0.1, 0.15) is 0 Å². The molecule has 6 rings (SSSR count). The number of benzene rings is 4. The molecule has 17 heteroatoms. The Morgan fingerprint density at radius 2 is 1.05 bits per heavy atom. The number of rotatable bonds is 11. The monoisotopic (exact) mass is 1040 g/mol. The van der Waals surface area contributed by atoms with E-state index in [9.17, 15) is 19.2 Å². The van der Waals surface area contributed by atoms with Crippen LogP contribution < -0.4 is 21.7 Å². The largest absolute Gasteiger partial charge is 0.401 e. The van der Waals surface area contributed by atoms with E-state index in [1.165, 1.54) is 0 Å². The first-order valence-corrected chi connectivity index (χ1v) is 22.0. The van der Waals surface area contributed by atoms with Gasteiger partial charge in [-0.1, -0.05) is 67.2 Å². The van der Waals surface area contributed by atoms with Crippen LogP contribution >= 0.6 is 89.9 Å². The minimum absolute atomic E-state index is 0.0829. The first kappa shape index (κ1) is 50.9. The van der Waals surface area contributed by atoms with E-state index in [0.717, 1.165) is 44.3 Å². The van der Waals surface area contributed by atoms with E-state index in [1.807, 2.05) is 74.4 Å². The SMILES string of the molecule is CN(C)CCNC(=O)C1=C(N)Cc2cc(Br)ccc21.CN(C)CCNC(=O)C1=C(NC(=O)c2ccc(Cl)cc2)Cc2cc(Br)ccc21.ClCCl.O=C(Cl)c1ccc(Cl)cc1. The van der Waals surface area contributed by atoms with Crippen LogP contribution in [0.2, 0.25) is 10.0 Å². The molecule has 0 saturated carbocycles. The molecule has 60 heavy (non-hydrogen) atoms. The van der Waals surface area contributed by atoms with Crippen LogP contribution in [0.25, 0.3) is 11.1 Å². The smallest absolute Gasteiger partial charge is 0.255 e. The third kappa shape index (κ3) is 16.1. The molecule has 3 amide bonds. The van der Waals surface area contributed by atoms with E-state index in [2.05, 4.69) is 47.8 Å². The summed E-state index contributed by atoms with van der Waals surface area (Å²) in [6.07, 6.45) is 1.13. The Balaban J connectivity index is 0.000000257. The van der Waals surface area contributed by atoms with Gasteiger partial charge in [-0.3, -0.25) is 19.2 Å². The lowest BCUT2D eigenvalue weighted by molar-refractivity contribution is -0.116. The number of allylic oxidation sites excluding steroid dienone is 2. The number of likely N-dealkylation sites (N-methyl/N-ethyl adjacent to an activating group) is 2. The predicted octanol–water partition coefficient (Wildman–Crippen LogP) is 8.97. The number of carbonyl (C=O) groups excluding carboxylic acids is 4. The fourth-order valence-corrected chi connectivity index (χ4v) is 7.00. The summed E-state index contributed by atoms with van der Waals surface area (Å²) in [6, 6.07) is 24.7. The van der Waals surface area contributed by atoms with Gasteiger partial charge in [0, 0.05) is 80.5 Å². The maximum Gasteiger partial charge on any atom is 0.255 e. The molecular formula is C43H45Br2Cl5N6O4. The minimum Gasteiger partial charge on any atom is -0.401 e. The van der Waals surface area contributed by atoms with Gasteiger partial charge in [-0.25, -0.2) is 0 Å². The van der Waals surface area contributed by atoms with Crippen molar-refractivity contribution in [3.63, 3.8) is 0 Å². The lowest BCUT2D eigenvalue weighted by Gasteiger charge is -2.13. The van der Waals surface area contributed by atoms with E-state index in [-0.39, 0.29) is 23.1 Å². The summed E-state index contributed by atoms with van der Waals surface area (Å²) in [5, 5.41) is 9.67. The average molecular weight is 1050 g/mol. The summed E-state index contributed by atoms with van der Waals surface area (Å²) in [7, 11) is 7.85. The van der Waals surface area contributed by atoms with Gasteiger partial charge in [-0.2, -0.15) is 0 Å². The van der Waals surface area contributed by atoms with Crippen molar-refractivity contribution < 1.29 is 19.2 Å². The molecule has 2 aliphatic carbocycles. The molecule has 0 heterocycles. The average Bonchev–Trinajstić information content (AvgIpc) is 3.70. The van der Waals surface area contributed by atoms with Crippen LogP contribution in [0.1, 0.15) is 43.0 Å². The van der Waals surface area contributed by atoms with Gasteiger partial charge in [0.25, 0.3) is 23.0 Å². The van der Waals surface area contributed by atoms with Crippen molar-refractivity contribution in [2.75, 3.05) is 59.7 Å². The van der Waals surface area contributed by atoms with Crippen LogP contribution in [0.5, 0.6) is 0 Å². The summed E-state index contributed by atoms with van der Waals surface area (Å²) < 4.78 is 1.94. The number of hydrogen-bond acceptors (Lipinski definition) is 7.